The van der Waals surface area contributed by atoms with Crippen molar-refractivity contribution >= 4 is 0 Å². The minimum Gasteiger partial charge on any atom is -0.374 e. The molecule has 2 aromatic carbocycles. The van der Waals surface area contributed by atoms with E-state index in [4.69, 9.17) is 4.74 Å². The van der Waals surface area contributed by atoms with Gasteiger partial charge in [-0.25, -0.2) is 13.9 Å². The summed E-state index contributed by atoms with van der Waals surface area (Å²) < 4.78 is 20.6. The molecule has 0 spiro atoms. The number of benzene rings is 2. The van der Waals surface area contributed by atoms with Crippen LogP contribution in [0.2, 0.25) is 0 Å². The number of aromatic nitrogens is 3. The molecule has 0 aliphatic carbocycles. The Morgan fingerprint density at radius 3 is 2.44 bits per heavy atom. The fraction of sp³-hybridized carbons (Fsp3) is 0.263. The predicted molar refractivity (Wildman–Crippen MR) is 91.2 cm³/mol. The van der Waals surface area contributed by atoms with Crippen LogP contribution in [0.15, 0.2) is 59.4 Å². The number of ether oxygens (including phenoxy) is 1. The molecule has 128 valence electrons. The van der Waals surface area contributed by atoms with Gasteiger partial charge in [0.25, 0.3) is 0 Å². The fourth-order valence-corrected chi connectivity index (χ4v) is 2.91. The molecule has 1 aliphatic heterocycles. The van der Waals surface area contributed by atoms with Crippen molar-refractivity contribution in [3.63, 3.8) is 0 Å². The summed E-state index contributed by atoms with van der Waals surface area (Å²) in [4.78, 5) is 14.9. The van der Waals surface area contributed by atoms with Crippen molar-refractivity contribution < 1.29 is 9.13 Å². The van der Waals surface area contributed by atoms with Crippen LogP contribution in [-0.2, 0) is 23.4 Å². The zero-order valence-corrected chi connectivity index (χ0v) is 13.6. The number of hydrogen-bond acceptors (Lipinski definition) is 3. The highest BCUT2D eigenvalue weighted by Gasteiger charge is 2.40. The van der Waals surface area contributed by atoms with E-state index in [0.29, 0.717) is 24.4 Å². The van der Waals surface area contributed by atoms with Crippen molar-refractivity contribution in [3.05, 3.63) is 87.6 Å². The zero-order chi connectivity index (χ0) is 17.3. The summed E-state index contributed by atoms with van der Waals surface area (Å²) in [6.45, 7) is 0.558. The molecule has 1 saturated heterocycles. The van der Waals surface area contributed by atoms with Crippen molar-refractivity contribution in [2.24, 2.45) is 0 Å². The summed E-state index contributed by atoms with van der Waals surface area (Å²) in [5.41, 5.74) is 0.979. The fourth-order valence-electron chi connectivity index (χ4n) is 2.91. The number of alkyl halides is 1. The second-order valence-electron chi connectivity index (χ2n) is 6.35. The average molecular weight is 339 g/mol. The van der Waals surface area contributed by atoms with E-state index in [0.717, 1.165) is 11.1 Å². The number of nitrogens with zero attached hydrogens (tertiary/aromatic N) is 2. The highest BCUT2D eigenvalue weighted by Crippen LogP contribution is 2.33. The Hall–Kier alpha value is -2.73. The van der Waals surface area contributed by atoms with Crippen LogP contribution in [-0.4, -0.2) is 28.0 Å². The molecule has 6 heteroatoms. The van der Waals surface area contributed by atoms with Crippen LogP contribution in [0.25, 0.3) is 0 Å². The number of rotatable bonds is 5. The molecule has 4 rings (SSSR count). The molecule has 0 atom stereocenters. The SMILES string of the molecule is O=c1[nH]c(Cc2ccccc2)nn1Cc1ccc(C2(F)COC2)cc1. The lowest BCUT2D eigenvalue weighted by molar-refractivity contribution is -0.135. The lowest BCUT2D eigenvalue weighted by atomic mass is 9.93. The number of halogens is 1. The first-order valence-electron chi connectivity index (χ1n) is 8.18. The van der Waals surface area contributed by atoms with Crippen molar-refractivity contribution in [2.45, 2.75) is 18.6 Å². The Bertz CT molecular complexity index is 912. The summed E-state index contributed by atoms with van der Waals surface area (Å²) in [5.74, 6) is 0.627. The van der Waals surface area contributed by atoms with Crippen LogP contribution in [0.3, 0.4) is 0 Å². The van der Waals surface area contributed by atoms with Crippen LogP contribution in [0, 0.1) is 0 Å². The summed E-state index contributed by atoms with van der Waals surface area (Å²) in [6, 6.07) is 17.0. The largest absolute Gasteiger partial charge is 0.374 e. The maximum absolute atomic E-state index is 14.3. The van der Waals surface area contributed by atoms with Crippen LogP contribution in [0.4, 0.5) is 4.39 Å². The molecule has 3 aromatic rings. The van der Waals surface area contributed by atoms with Gasteiger partial charge >= 0.3 is 5.69 Å². The van der Waals surface area contributed by atoms with E-state index in [1.807, 2.05) is 42.5 Å². The van der Waals surface area contributed by atoms with Gasteiger partial charge in [-0.15, -0.1) is 0 Å². The number of nitrogens with one attached hydrogen (secondary N) is 1. The van der Waals surface area contributed by atoms with Gasteiger partial charge in [-0.1, -0.05) is 54.6 Å². The molecule has 0 saturated carbocycles. The van der Waals surface area contributed by atoms with Crippen molar-refractivity contribution in [1.82, 2.24) is 14.8 Å². The molecule has 1 aliphatic rings. The van der Waals surface area contributed by atoms with Gasteiger partial charge in [0.2, 0.25) is 0 Å². The van der Waals surface area contributed by atoms with Crippen LogP contribution in [0.1, 0.15) is 22.5 Å². The monoisotopic (exact) mass is 339 g/mol. The van der Waals surface area contributed by atoms with E-state index < -0.39 is 5.67 Å². The Kier molecular flexibility index (Phi) is 3.97. The van der Waals surface area contributed by atoms with E-state index in [1.165, 1.54) is 4.68 Å². The van der Waals surface area contributed by atoms with Gasteiger partial charge < -0.3 is 4.74 Å². The topological polar surface area (TPSA) is 59.9 Å². The highest BCUT2D eigenvalue weighted by atomic mass is 19.1. The van der Waals surface area contributed by atoms with Gasteiger partial charge in [-0.05, 0) is 16.7 Å². The molecule has 0 bridgehead atoms. The predicted octanol–water partition coefficient (Wildman–Crippen LogP) is 2.41. The van der Waals surface area contributed by atoms with Gasteiger partial charge in [-0.3, -0.25) is 4.98 Å². The maximum Gasteiger partial charge on any atom is 0.343 e. The Balaban J connectivity index is 1.48. The molecule has 1 aromatic heterocycles. The zero-order valence-electron chi connectivity index (χ0n) is 13.6. The standard InChI is InChI=1S/C19H18FN3O2/c20-19(12-25-13-19)16-8-6-15(7-9-16)11-23-18(24)21-17(22-23)10-14-4-2-1-3-5-14/h1-9H,10-13H2,(H,21,22,24). The quantitative estimate of drug-likeness (QED) is 0.776. The third-order valence-corrected chi connectivity index (χ3v) is 4.41. The van der Waals surface area contributed by atoms with Gasteiger partial charge in [0, 0.05) is 6.42 Å². The Morgan fingerprint density at radius 2 is 1.80 bits per heavy atom. The molecule has 1 N–H and O–H groups in total. The number of aromatic amines is 1. The van der Waals surface area contributed by atoms with Gasteiger partial charge in [0.1, 0.15) is 5.82 Å². The lowest BCUT2D eigenvalue weighted by Crippen LogP contribution is -2.42. The van der Waals surface area contributed by atoms with E-state index >= 15 is 0 Å². The molecule has 25 heavy (non-hydrogen) atoms. The Labute approximate surface area is 144 Å². The number of H-pyrrole nitrogens is 1. The first-order valence-corrected chi connectivity index (χ1v) is 8.18. The molecule has 5 nitrogen and oxygen atoms in total. The van der Waals surface area contributed by atoms with E-state index in [9.17, 15) is 9.18 Å². The van der Waals surface area contributed by atoms with Gasteiger partial charge in [0.05, 0.1) is 19.8 Å². The third-order valence-electron chi connectivity index (χ3n) is 4.41. The summed E-state index contributed by atoms with van der Waals surface area (Å²) in [6.07, 6.45) is 0.576. The minimum absolute atomic E-state index is 0.105. The molecule has 0 amide bonds. The first-order chi connectivity index (χ1) is 12.1. The molecule has 1 fully saturated rings. The summed E-state index contributed by atoms with van der Waals surface area (Å²) in [5, 5.41) is 4.35. The third kappa shape index (κ3) is 3.25. The van der Waals surface area contributed by atoms with Crippen molar-refractivity contribution in [2.75, 3.05) is 13.2 Å². The summed E-state index contributed by atoms with van der Waals surface area (Å²) >= 11 is 0. The maximum atomic E-state index is 14.3. The van der Waals surface area contributed by atoms with Gasteiger partial charge in [-0.2, -0.15) is 5.10 Å². The normalized spacial score (nSPS) is 15.7. The second kappa shape index (κ2) is 6.29. The average Bonchev–Trinajstić information content (AvgIpc) is 2.93. The number of hydrogen-bond donors (Lipinski definition) is 1. The highest BCUT2D eigenvalue weighted by molar-refractivity contribution is 5.29. The van der Waals surface area contributed by atoms with Crippen LogP contribution < -0.4 is 5.69 Å². The Morgan fingerprint density at radius 1 is 1.08 bits per heavy atom. The van der Waals surface area contributed by atoms with E-state index in [-0.39, 0.29) is 18.9 Å². The van der Waals surface area contributed by atoms with Gasteiger partial charge in [0.15, 0.2) is 5.67 Å². The van der Waals surface area contributed by atoms with Crippen molar-refractivity contribution in [3.8, 4) is 0 Å². The molecular weight excluding hydrogens is 321 g/mol. The van der Waals surface area contributed by atoms with Crippen LogP contribution >= 0.6 is 0 Å². The molecule has 2 heterocycles. The smallest absolute Gasteiger partial charge is 0.343 e. The van der Waals surface area contributed by atoms with E-state index in [2.05, 4.69) is 10.1 Å². The first kappa shape index (κ1) is 15.8. The lowest BCUT2D eigenvalue weighted by Gasteiger charge is -2.34. The summed E-state index contributed by atoms with van der Waals surface area (Å²) in [7, 11) is 0. The second-order valence-corrected chi connectivity index (χ2v) is 6.35. The van der Waals surface area contributed by atoms with Crippen LogP contribution in [0.5, 0.6) is 0 Å². The molecular formula is C19H18FN3O2. The van der Waals surface area contributed by atoms with E-state index in [1.54, 1.807) is 12.1 Å². The van der Waals surface area contributed by atoms with Crippen molar-refractivity contribution in [1.29, 1.82) is 0 Å². The minimum atomic E-state index is -1.37. The molecule has 0 radical (unpaired) electrons. The molecule has 0 unspecified atom stereocenters.